The van der Waals surface area contributed by atoms with E-state index in [1.54, 1.807) is 24.3 Å². The maximum absolute atomic E-state index is 12.9. The van der Waals surface area contributed by atoms with E-state index in [-0.39, 0.29) is 47.7 Å². The average Bonchev–Trinajstić information content (AvgIpc) is 3.46. The first-order valence-electron chi connectivity index (χ1n) is 10.4. The Hall–Kier alpha value is -2.97. The van der Waals surface area contributed by atoms with Crippen LogP contribution in [0.25, 0.3) is 0 Å². The van der Waals surface area contributed by atoms with Crippen molar-refractivity contribution in [3.05, 3.63) is 74.7 Å². The van der Waals surface area contributed by atoms with E-state index in [4.69, 9.17) is 21.4 Å². The number of nitrogens with zero attached hydrogens (tertiary/aromatic N) is 2. The molecular formula is C24H18BrClN2O5. The van der Waals surface area contributed by atoms with Gasteiger partial charge in [-0.25, -0.2) is 4.79 Å². The Morgan fingerprint density at radius 3 is 2.39 bits per heavy atom. The highest BCUT2D eigenvalue weighted by molar-refractivity contribution is 9.10. The second-order valence-electron chi connectivity index (χ2n) is 8.33. The van der Waals surface area contributed by atoms with Crippen molar-refractivity contribution in [2.75, 3.05) is 0 Å². The number of benzene rings is 2. The molecule has 1 saturated heterocycles. The number of fused-ring (bicyclic) bond motifs is 5. The van der Waals surface area contributed by atoms with Crippen molar-refractivity contribution in [3.8, 4) is 5.75 Å². The van der Waals surface area contributed by atoms with E-state index in [1.165, 1.54) is 18.3 Å². The molecule has 3 aliphatic rings. The van der Waals surface area contributed by atoms with Crippen LogP contribution < -0.4 is 4.74 Å². The molecule has 2 aromatic carbocycles. The summed E-state index contributed by atoms with van der Waals surface area (Å²) in [7, 11) is 0. The molecule has 2 bridgehead atoms. The number of hydrogen-bond acceptors (Lipinski definition) is 5. The van der Waals surface area contributed by atoms with Crippen LogP contribution in [0.5, 0.6) is 5.75 Å². The highest BCUT2D eigenvalue weighted by Crippen LogP contribution is 2.52. The molecule has 2 fully saturated rings. The van der Waals surface area contributed by atoms with Gasteiger partial charge in [-0.2, -0.15) is 10.1 Å². The van der Waals surface area contributed by atoms with E-state index in [0.29, 0.717) is 20.8 Å². The maximum Gasteiger partial charge on any atom is 0.335 e. The SMILES string of the molecule is O=C(O)c1ccc(COc2c(Br)cc(Cl)cc2C=NN2C(=O)[C@@H]3[C@H](C2=O)[C@H]2C=C[C@H]3C2)cc1. The third-order valence-corrected chi connectivity index (χ3v) is 7.19. The molecule has 1 heterocycles. The molecule has 0 unspecified atom stereocenters. The van der Waals surface area contributed by atoms with Crippen molar-refractivity contribution in [2.45, 2.75) is 13.0 Å². The summed E-state index contributed by atoms with van der Waals surface area (Å²) in [4.78, 5) is 36.7. The van der Waals surface area contributed by atoms with Crippen molar-refractivity contribution in [1.82, 2.24) is 5.01 Å². The number of allylic oxidation sites excluding steroid dienone is 2. The predicted octanol–water partition coefficient (Wildman–Crippen LogP) is 4.52. The molecule has 1 aliphatic heterocycles. The molecule has 33 heavy (non-hydrogen) atoms. The minimum atomic E-state index is -1.000. The lowest BCUT2D eigenvalue weighted by Crippen LogP contribution is -2.28. The van der Waals surface area contributed by atoms with Gasteiger partial charge in [0.05, 0.1) is 28.1 Å². The number of halogens is 2. The number of amides is 2. The lowest BCUT2D eigenvalue weighted by molar-refractivity contribution is -0.140. The molecule has 4 atom stereocenters. The second kappa shape index (κ2) is 8.43. The third-order valence-electron chi connectivity index (χ3n) is 6.38. The normalized spacial score (nSPS) is 25.3. The van der Waals surface area contributed by atoms with Crippen molar-refractivity contribution in [3.63, 3.8) is 0 Å². The first-order valence-corrected chi connectivity index (χ1v) is 11.5. The van der Waals surface area contributed by atoms with Crippen LogP contribution >= 0.6 is 27.5 Å². The molecule has 2 aliphatic carbocycles. The topological polar surface area (TPSA) is 96.3 Å². The standard InChI is InChI=1S/C24H18BrClN2O5/c25-18-9-17(26)8-16(21(18)33-11-12-1-3-13(4-2-12)24(31)32)10-27-28-22(29)19-14-5-6-15(7-14)20(19)23(28)30/h1-6,8-10,14-15,19-20H,7,11H2,(H,31,32)/t14-,15-,19-,20+/m0/s1. The van der Waals surface area contributed by atoms with E-state index >= 15 is 0 Å². The lowest BCUT2D eigenvalue weighted by Gasteiger charge is -2.14. The molecule has 5 rings (SSSR count). The molecule has 0 spiro atoms. The van der Waals surface area contributed by atoms with Gasteiger partial charge in [0.15, 0.2) is 0 Å². The molecule has 0 radical (unpaired) electrons. The minimum Gasteiger partial charge on any atom is -0.487 e. The first kappa shape index (κ1) is 21.9. The van der Waals surface area contributed by atoms with Crippen LogP contribution in [-0.4, -0.2) is 34.1 Å². The van der Waals surface area contributed by atoms with Gasteiger partial charge in [-0.1, -0.05) is 35.9 Å². The largest absolute Gasteiger partial charge is 0.487 e. The highest BCUT2D eigenvalue weighted by atomic mass is 79.9. The zero-order valence-corrected chi connectivity index (χ0v) is 19.5. The van der Waals surface area contributed by atoms with Gasteiger partial charge in [-0.3, -0.25) is 9.59 Å². The van der Waals surface area contributed by atoms with Crippen LogP contribution in [0.4, 0.5) is 0 Å². The van der Waals surface area contributed by atoms with Gasteiger partial charge in [0.1, 0.15) is 12.4 Å². The number of hydrazone groups is 1. The number of carbonyl (C=O) groups excluding carboxylic acids is 2. The summed E-state index contributed by atoms with van der Waals surface area (Å²) in [6, 6.07) is 9.65. The average molecular weight is 530 g/mol. The number of carbonyl (C=O) groups is 3. The van der Waals surface area contributed by atoms with E-state index < -0.39 is 5.97 Å². The Bertz CT molecular complexity index is 1200. The Morgan fingerprint density at radius 2 is 1.79 bits per heavy atom. The van der Waals surface area contributed by atoms with Crippen LogP contribution in [0.1, 0.15) is 27.9 Å². The number of ether oxygens (including phenoxy) is 1. The molecule has 2 aromatic rings. The van der Waals surface area contributed by atoms with Crippen molar-refractivity contribution in [1.29, 1.82) is 0 Å². The monoisotopic (exact) mass is 528 g/mol. The Labute approximate surface area is 202 Å². The summed E-state index contributed by atoms with van der Waals surface area (Å²) in [6.45, 7) is 0.168. The minimum absolute atomic E-state index is 0.114. The van der Waals surface area contributed by atoms with Gasteiger partial charge in [0, 0.05) is 10.6 Å². The Kier molecular flexibility index (Phi) is 5.58. The smallest absolute Gasteiger partial charge is 0.335 e. The summed E-state index contributed by atoms with van der Waals surface area (Å²) in [5, 5.41) is 14.7. The van der Waals surface area contributed by atoms with Crippen molar-refractivity contribution in [2.24, 2.45) is 28.8 Å². The summed E-state index contributed by atoms with van der Waals surface area (Å²) in [5.41, 5.74) is 1.45. The second-order valence-corrected chi connectivity index (χ2v) is 9.62. The fourth-order valence-corrected chi connectivity index (χ4v) is 5.80. The molecular weight excluding hydrogens is 512 g/mol. The van der Waals surface area contributed by atoms with E-state index in [2.05, 4.69) is 21.0 Å². The third kappa shape index (κ3) is 3.87. The van der Waals surface area contributed by atoms with Gasteiger partial charge < -0.3 is 9.84 Å². The van der Waals surface area contributed by atoms with Crippen molar-refractivity contribution >= 4 is 51.5 Å². The van der Waals surface area contributed by atoms with Gasteiger partial charge >= 0.3 is 5.97 Å². The fraction of sp³-hybridized carbons (Fsp3) is 0.250. The molecule has 1 N–H and O–H groups in total. The summed E-state index contributed by atoms with van der Waals surface area (Å²) in [6.07, 6.45) is 6.34. The molecule has 7 nitrogen and oxygen atoms in total. The number of carboxylic acids is 1. The van der Waals surface area contributed by atoms with Crippen molar-refractivity contribution < 1.29 is 24.2 Å². The maximum atomic E-state index is 12.9. The van der Waals surface area contributed by atoms with Gasteiger partial charge in [-0.05, 0) is 64.0 Å². The molecule has 168 valence electrons. The van der Waals surface area contributed by atoms with Crippen LogP contribution in [0.2, 0.25) is 5.02 Å². The lowest BCUT2D eigenvalue weighted by atomic mass is 9.85. The summed E-state index contributed by atoms with van der Waals surface area (Å²) in [5.74, 6) is -1.50. The predicted molar refractivity (Wildman–Crippen MR) is 124 cm³/mol. The summed E-state index contributed by atoms with van der Waals surface area (Å²) < 4.78 is 6.53. The zero-order valence-electron chi connectivity index (χ0n) is 17.2. The number of aromatic carboxylic acids is 1. The quantitative estimate of drug-likeness (QED) is 0.337. The molecule has 0 aromatic heterocycles. The van der Waals surface area contributed by atoms with Gasteiger partial charge in [0.25, 0.3) is 11.8 Å². The van der Waals surface area contributed by atoms with Gasteiger partial charge in [-0.15, -0.1) is 0 Å². The number of imide groups is 1. The number of carboxylic acid groups (broad SMARTS) is 1. The molecule has 2 amide bonds. The molecule has 9 heteroatoms. The van der Waals surface area contributed by atoms with Crippen LogP contribution in [0.15, 0.2) is 58.1 Å². The van der Waals surface area contributed by atoms with E-state index in [0.717, 1.165) is 17.0 Å². The number of rotatable bonds is 6. The first-order chi connectivity index (χ1) is 15.8. The Morgan fingerprint density at radius 1 is 1.15 bits per heavy atom. The summed E-state index contributed by atoms with van der Waals surface area (Å²) >= 11 is 9.64. The Balaban J connectivity index is 1.36. The van der Waals surface area contributed by atoms with Gasteiger partial charge in [0.2, 0.25) is 0 Å². The zero-order chi connectivity index (χ0) is 23.3. The highest BCUT2D eigenvalue weighted by Gasteiger charge is 2.59. The molecule has 1 saturated carbocycles. The van der Waals surface area contributed by atoms with Crippen LogP contribution in [-0.2, 0) is 16.2 Å². The van der Waals surface area contributed by atoms with E-state index in [1.807, 2.05) is 12.2 Å². The number of hydrogen-bond donors (Lipinski definition) is 1. The van der Waals surface area contributed by atoms with Crippen LogP contribution in [0.3, 0.4) is 0 Å². The van der Waals surface area contributed by atoms with E-state index in [9.17, 15) is 14.4 Å². The van der Waals surface area contributed by atoms with Crippen LogP contribution in [0, 0.1) is 23.7 Å². The fourth-order valence-electron chi connectivity index (χ4n) is 4.85.